The minimum atomic E-state index is 0.620. The largest absolute Gasteiger partial charge is 0.363 e. The molecule has 1 fully saturated rings. The molecule has 1 aromatic carbocycles. The van der Waals surface area contributed by atoms with E-state index in [1.807, 2.05) is 11.3 Å². The molecule has 0 unspecified atom stereocenters. The van der Waals surface area contributed by atoms with Crippen molar-refractivity contribution in [2.24, 2.45) is 5.73 Å². The molecule has 1 aliphatic rings. The van der Waals surface area contributed by atoms with Crippen molar-refractivity contribution in [3.05, 3.63) is 52.2 Å². The Balaban J connectivity index is 1.80. The maximum atomic E-state index is 5.65. The standard InChI is InChI=1S/C15H18N2S/c16-10-12-3-5-13(6-4-12)17(14-7-8-14)11-15-2-1-9-18-15/h1-6,9,14H,7-8,10-11,16H2. The van der Waals surface area contributed by atoms with Crippen LogP contribution >= 0.6 is 11.3 Å². The minimum absolute atomic E-state index is 0.620. The quantitative estimate of drug-likeness (QED) is 0.891. The number of anilines is 1. The average molecular weight is 258 g/mol. The summed E-state index contributed by atoms with van der Waals surface area (Å²) in [7, 11) is 0. The summed E-state index contributed by atoms with van der Waals surface area (Å²) < 4.78 is 0. The second-order valence-electron chi connectivity index (χ2n) is 4.81. The van der Waals surface area contributed by atoms with Crippen LogP contribution < -0.4 is 10.6 Å². The van der Waals surface area contributed by atoms with Crippen LogP contribution in [0.2, 0.25) is 0 Å². The molecule has 0 radical (unpaired) electrons. The molecule has 3 heteroatoms. The van der Waals surface area contributed by atoms with Gasteiger partial charge in [-0.3, -0.25) is 0 Å². The third kappa shape index (κ3) is 2.57. The minimum Gasteiger partial charge on any atom is -0.363 e. The first-order chi connectivity index (χ1) is 8.86. The number of thiophene rings is 1. The van der Waals surface area contributed by atoms with Crippen LogP contribution in [0, 0.1) is 0 Å². The van der Waals surface area contributed by atoms with Gasteiger partial charge in [-0.25, -0.2) is 0 Å². The molecule has 94 valence electrons. The zero-order valence-corrected chi connectivity index (χ0v) is 11.2. The molecule has 0 atom stereocenters. The number of rotatable bonds is 5. The van der Waals surface area contributed by atoms with Gasteiger partial charge in [-0.15, -0.1) is 11.3 Å². The number of nitrogens with two attached hydrogens (primary N) is 1. The zero-order chi connectivity index (χ0) is 12.4. The molecule has 1 aliphatic carbocycles. The summed E-state index contributed by atoms with van der Waals surface area (Å²) >= 11 is 1.84. The molecule has 3 rings (SSSR count). The van der Waals surface area contributed by atoms with E-state index in [1.54, 1.807) is 0 Å². The van der Waals surface area contributed by atoms with Crippen LogP contribution in [-0.2, 0) is 13.1 Å². The smallest absolute Gasteiger partial charge is 0.0525 e. The van der Waals surface area contributed by atoms with Crippen LogP contribution in [0.15, 0.2) is 41.8 Å². The van der Waals surface area contributed by atoms with Gasteiger partial charge in [0.15, 0.2) is 0 Å². The second-order valence-corrected chi connectivity index (χ2v) is 5.84. The van der Waals surface area contributed by atoms with Crippen LogP contribution in [0.3, 0.4) is 0 Å². The van der Waals surface area contributed by atoms with Crippen molar-refractivity contribution in [2.75, 3.05) is 4.90 Å². The van der Waals surface area contributed by atoms with Gasteiger partial charge in [-0.1, -0.05) is 18.2 Å². The van der Waals surface area contributed by atoms with Gasteiger partial charge < -0.3 is 10.6 Å². The van der Waals surface area contributed by atoms with Gasteiger partial charge in [0.1, 0.15) is 0 Å². The zero-order valence-electron chi connectivity index (χ0n) is 10.4. The molecular formula is C15H18N2S. The van der Waals surface area contributed by atoms with Gasteiger partial charge in [0.2, 0.25) is 0 Å². The van der Waals surface area contributed by atoms with E-state index in [-0.39, 0.29) is 0 Å². The molecule has 0 aliphatic heterocycles. The van der Waals surface area contributed by atoms with E-state index in [2.05, 4.69) is 46.7 Å². The second kappa shape index (κ2) is 5.12. The third-order valence-electron chi connectivity index (χ3n) is 3.40. The fraction of sp³-hybridized carbons (Fsp3) is 0.333. The maximum absolute atomic E-state index is 5.65. The lowest BCUT2D eigenvalue weighted by Crippen LogP contribution is -2.24. The molecule has 1 heterocycles. The highest BCUT2D eigenvalue weighted by Gasteiger charge is 2.29. The highest BCUT2D eigenvalue weighted by molar-refractivity contribution is 7.09. The fourth-order valence-electron chi connectivity index (χ4n) is 2.21. The summed E-state index contributed by atoms with van der Waals surface area (Å²) in [6, 6.07) is 13.8. The van der Waals surface area contributed by atoms with Crippen LogP contribution in [0.5, 0.6) is 0 Å². The Morgan fingerprint density at radius 3 is 2.50 bits per heavy atom. The van der Waals surface area contributed by atoms with Gasteiger partial charge in [-0.2, -0.15) is 0 Å². The Morgan fingerprint density at radius 2 is 1.94 bits per heavy atom. The fourth-order valence-corrected chi connectivity index (χ4v) is 2.91. The summed E-state index contributed by atoms with van der Waals surface area (Å²) in [5, 5.41) is 2.15. The SMILES string of the molecule is NCc1ccc(N(Cc2cccs2)C2CC2)cc1. The molecule has 0 bridgehead atoms. The molecular weight excluding hydrogens is 240 g/mol. The summed E-state index contributed by atoms with van der Waals surface area (Å²) in [6.45, 7) is 1.65. The lowest BCUT2D eigenvalue weighted by molar-refractivity contribution is 0.803. The van der Waals surface area contributed by atoms with Gasteiger partial charge in [-0.05, 0) is 42.0 Å². The summed E-state index contributed by atoms with van der Waals surface area (Å²) in [6.07, 6.45) is 2.65. The lowest BCUT2D eigenvalue weighted by atomic mass is 10.2. The van der Waals surface area contributed by atoms with Crippen molar-refractivity contribution in [1.82, 2.24) is 0 Å². The molecule has 0 amide bonds. The van der Waals surface area contributed by atoms with E-state index in [0.717, 1.165) is 12.6 Å². The number of hydrogen-bond acceptors (Lipinski definition) is 3. The highest BCUT2D eigenvalue weighted by atomic mass is 32.1. The molecule has 1 aromatic heterocycles. The topological polar surface area (TPSA) is 29.3 Å². The Labute approximate surface area is 112 Å². The van der Waals surface area contributed by atoms with Crippen molar-refractivity contribution in [2.45, 2.75) is 32.0 Å². The van der Waals surface area contributed by atoms with E-state index in [1.165, 1.54) is 29.0 Å². The Hall–Kier alpha value is -1.32. The van der Waals surface area contributed by atoms with Crippen molar-refractivity contribution >= 4 is 17.0 Å². The summed E-state index contributed by atoms with van der Waals surface area (Å²) in [5.41, 5.74) is 8.17. The number of hydrogen-bond donors (Lipinski definition) is 1. The molecule has 0 saturated heterocycles. The van der Waals surface area contributed by atoms with E-state index in [4.69, 9.17) is 5.73 Å². The van der Waals surface area contributed by atoms with Gasteiger partial charge in [0.25, 0.3) is 0 Å². The maximum Gasteiger partial charge on any atom is 0.0525 e. The monoisotopic (exact) mass is 258 g/mol. The lowest BCUT2D eigenvalue weighted by Gasteiger charge is -2.24. The Kier molecular flexibility index (Phi) is 3.35. The van der Waals surface area contributed by atoms with E-state index in [9.17, 15) is 0 Å². The van der Waals surface area contributed by atoms with Crippen molar-refractivity contribution in [3.8, 4) is 0 Å². The van der Waals surface area contributed by atoms with Gasteiger partial charge in [0, 0.05) is 23.2 Å². The first-order valence-electron chi connectivity index (χ1n) is 6.45. The number of benzene rings is 1. The summed E-state index contributed by atoms with van der Waals surface area (Å²) in [4.78, 5) is 3.95. The van der Waals surface area contributed by atoms with Crippen LogP contribution in [0.25, 0.3) is 0 Å². The van der Waals surface area contributed by atoms with Crippen molar-refractivity contribution < 1.29 is 0 Å². The van der Waals surface area contributed by atoms with E-state index < -0.39 is 0 Å². The predicted octanol–water partition coefficient (Wildman–Crippen LogP) is 3.38. The Bertz CT molecular complexity index is 486. The normalized spacial score (nSPS) is 14.7. The molecule has 2 aromatic rings. The van der Waals surface area contributed by atoms with E-state index >= 15 is 0 Å². The van der Waals surface area contributed by atoms with Crippen molar-refractivity contribution in [3.63, 3.8) is 0 Å². The first-order valence-corrected chi connectivity index (χ1v) is 7.33. The van der Waals surface area contributed by atoms with Crippen LogP contribution in [0.4, 0.5) is 5.69 Å². The highest BCUT2D eigenvalue weighted by Crippen LogP contribution is 2.33. The molecule has 0 spiro atoms. The van der Waals surface area contributed by atoms with E-state index in [0.29, 0.717) is 6.54 Å². The summed E-state index contributed by atoms with van der Waals surface area (Å²) in [5.74, 6) is 0. The van der Waals surface area contributed by atoms with Crippen molar-refractivity contribution in [1.29, 1.82) is 0 Å². The Morgan fingerprint density at radius 1 is 1.17 bits per heavy atom. The third-order valence-corrected chi connectivity index (χ3v) is 4.26. The molecule has 2 nitrogen and oxygen atoms in total. The molecule has 18 heavy (non-hydrogen) atoms. The van der Waals surface area contributed by atoms with Gasteiger partial charge >= 0.3 is 0 Å². The molecule has 2 N–H and O–H groups in total. The first kappa shape index (κ1) is 11.8. The molecule has 1 saturated carbocycles. The number of nitrogens with zero attached hydrogens (tertiary/aromatic N) is 1. The average Bonchev–Trinajstić information content (AvgIpc) is 3.13. The predicted molar refractivity (Wildman–Crippen MR) is 77.9 cm³/mol. The van der Waals surface area contributed by atoms with Crippen LogP contribution in [-0.4, -0.2) is 6.04 Å². The van der Waals surface area contributed by atoms with Gasteiger partial charge in [0.05, 0.1) is 6.54 Å². The van der Waals surface area contributed by atoms with Crippen LogP contribution in [0.1, 0.15) is 23.3 Å².